The van der Waals surface area contributed by atoms with Crippen molar-refractivity contribution >= 4 is 28.8 Å². The molecule has 0 radical (unpaired) electrons. The molecule has 92 valence electrons. The van der Waals surface area contributed by atoms with Crippen LogP contribution in [0.3, 0.4) is 0 Å². The molecule has 4 heteroatoms. The molecule has 0 amide bonds. The molecule has 0 aliphatic rings. The molecule has 0 spiro atoms. The minimum absolute atomic E-state index is 0.0559. The number of carbonyl (C=O) groups is 1. The van der Waals surface area contributed by atoms with Crippen LogP contribution >= 0.6 is 11.6 Å². The lowest BCUT2D eigenvalue weighted by molar-refractivity contribution is 0.101. The van der Waals surface area contributed by atoms with Gasteiger partial charge in [-0.2, -0.15) is 0 Å². The van der Waals surface area contributed by atoms with E-state index in [1.165, 1.54) is 19.1 Å². The van der Waals surface area contributed by atoms with E-state index in [0.29, 0.717) is 16.3 Å². The highest BCUT2D eigenvalue weighted by Crippen LogP contribution is 2.23. The predicted molar refractivity (Wildman–Crippen MR) is 71.1 cm³/mol. The van der Waals surface area contributed by atoms with Gasteiger partial charge in [0.1, 0.15) is 5.82 Å². The summed E-state index contributed by atoms with van der Waals surface area (Å²) in [5.41, 5.74) is 1.96. The molecular weight excluding hydrogens is 253 g/mol. The highest BCUT2D eigenvalue weighted by molar-refractivity contribution is 6.31. The Kier molecular flexibility index (Phi) is 3.63. The van der Waals surface area contributed by atoms with Crippen LogP contribution < -0.4 is 5.32 Å². The van der Waals surface area contributed by atoms with Crippen molar-refractivity contribution in [1.82, 2.24) is 0 Å². The number of hydrogen-bond donors (Lipinski definition) is 1. The van der Waals surface area contributed by atoms with Gasteiger partial charge in [-0.05, 0) is 49.4 Å². The molecule has 0 aliphatic heterocycles. The average molecular weight is 264 g/mol. The fraction of sp³-hybridized carbons (Fsp3) is 0.0714. The standard InChI is InChI=1S/C14H11ClFNO/c1-9(18)10-6-11(15)8-14(7-10)17-13-4-2-12(16)3-5-13/h2-8,17H,1H3. The van der Waals surface area contributed by atoms with Crippen LogP contribution in [0.2, 0.25) is 5.02 Å². The fourth-order valence-electron chi connectivity index (χ4n) is 1.56. The van der Waals surface area contributed by atoms with E-state index in [2.05, 4.69) is 5.32 Å². The number of benzene rings is 2. The summed E-state index contributed by atoms with van der Waals surface area (Å²) in [6, 6.07) is 11.0. The second-order valence-electron chi connectivity index (χ2n) is 3.92. The molecule has 0 aliphatic carbocycles. The third-order valence-electron chi connectivity index (χ3n) is 2.44. The number of anilines is 2. The molecule has 0 fully saturated rings. The van der Waals surface area contributed by atoms with Gasteiger partial charge in [-0.15, -0.1) is 0 Å². The quantitative estimate of drug-likeness (QED) is 0.830. The molecule has 1 N–H and O–H groups in total. The Hall–Kier alpha value is -1.87. The van der Waals surface area contributed by atoms with Crippen LogP contribution in [0, 0.1) is 5.82 Å². The van der Waals surface area contributed by atoms with Gasteiger partial charge in [0.15, 0.2) is 5.78 Å². The first kappa shape index (κ1) is 12.6. The number of ketones is 1. The van der Waals surface area contributed by atoms with Gasteiger partial charge in [0.2, 0.25) is 0 Å². The van der Waals surface area contributed by atoms with Crippen molar-refractivity contribution in [3.63, 3.8) is 0 Å². The first-order chi connectivity index (χ1) is 8.54. The Morgan fingerprint density at radius 3 is 2.39 bits per heavy atom. The van der Waals surface area contributed by atoms with E-state index >= 15 is 0 Å². The maximum absolute atomic E-state index is 12.8. The normalized spacial score (nSPS) is 10.2. The summed E-state index contributed by atoms with van der Waals surface area (Å²) in [4.78, 5) is 11.3. The lowest BCUT2D eigenvalue weighted by atomic mass is 10.1. The predicted octanol–water partition coefficient (Wildman–Crippen LogP) is 4.43. The van der Waals surface area contributed by atoms with Crippen molar-refractivity contribution in [2.75, 3.05) is 5.32 Å². The summed E-state index contributed by atoms with van der Waals surface area (Å²) in [6.07, 6.45) is 0. The Balaban J connectivity index is 2.28. The molecule has 0 saturated carbocycles. The Morgan fingerprint density at radius 2 is 1.78 bits per heavy atom. The largest absolute Gasteiger partial charge is 0.355 e. The van der Waals surface area contributed by atoms with E-state index in [9.17, 15) is 9.18 Å². The highest BCUT2D eigenvalue weighted by atomic mass is 35.5. The zero-order valence-electron chi connectivity index (χ0n) is 9.71. The number of rotatable bonds is 3. The van der Waals surface area contributed by atoms with Gasteiger partial charge >= 0.3 is 0 Å². The molecule has 2 aromatic carbocycles. The van der Waals surface area contributed by atoms with Crippen LogP contribution in [0.15, 0.2) is 42.5 Å². The topological polar surface area (TPSA) is 29.1 Å². The van der Waals surface area contributed by atoms with Gasteiger partial charge in [-0.25, -0.2) is 4.39 Å². The first-order valence-electron chi connectivity index (χ1n) is 5.39. The zero-order chi connectivity index (χ0) is 13.1. The van der Waals surface area contributed by atoms with E-state index in [1.807, 2.05) is 0 Å². The summed E-state index contributed by atoms with van der Waals surface area (Å²) in [7, 11) is 0. The number of carbonyl (C=O) groups excluding carboxylic acids is 1. The van der Waals surface area contributed by atoms with Gasteiger partial charge in [-0.1, -0.05) is 11.6 Å². The lowest BCUT2D eigenvalue weighted by Gasteiger charge is -2.08. The second-order valence-corrected chi connectivity index (χ2v) is 4.35. The molecular formula is C14H11ClFNO. The van der Waals surface area contributed by atoms with Crippen molar-refractivity contribution in [2.45, 2.75) is 6.92 Å². The summed E-state index contributed by atoms with van der Waals surface area (Å²) in [6.45, 7) is 1.48. The van der Waals surface area contributed by atoms with Crippen LogP contribution in [-0.2, 0) is 0 Å². The van der Waals surface area contributed by atoms with Crippen molar-refractivity contribution in [1.29, 1.82) is 0 Å². The number of Topliss-reactive ketones (excluding diaryl/α,β-unsaturated/α-hetero) is 1. The Labute approximate surface area is 109 Å². The molecule has 0 aromatic heterocycles. The monoisotopic (exact) mass is 263 g/mol. The minimum Gasteiger partial charge on any atom is -0.355 e. The minimum atomic E-state index is -0.295. The first-order valence-corrected chi connectivity index (χ1v) is 5.76. The summed E-state index contributed by atoms with van der Waals surface area (Å²) in [5.74, 6) is -0.351. The maximum atomic E-state index is 12.8. The van der Waals surface area contributed by atoms with E-state index < -0.39 is 0 Å². The summed E-state index contributed by atoms with van der Waals surface area (Å²) in [5, 5.41) is 3.54. The van der Waals surface area contributed by atoms with Crippen molar-refractivity contribution < 1.29 is 9.18 Å². The molecule has 0 unspecified atom stereocenters. The average Bonchev–Trinajstić information content (AvgIpc) is 2.31. The Bertz CT molecular complexity index is 581. The molecule has 18 heavy (non-hydrogen) atoms. The van der Waals surface area contributed by atoms with Crippen LogP contribution in [0.1, 0.15) is 17.3 Å². The number of nitrogens with one attached hydrogen (secondary N) is 1. The highest BCUT2D eigenvalue weighted by Gasteiger charge is 2.04. The zero-order valence-corrected chi connectivity index (χ0v) is 10.5. The van der Waals surface area contributed by atoms with E-state index in [0.717, 1.165) is 5.69 Å². The van der Waals surface area contributed by atoms with E-state index in [4.69, 9.17) is 11.6 Å². The SMILES string of the molecule is CC(=O)c1cc(Cl)cc(Nc2ccc(F)cc2)c1. The van der Waals surface area contributed by atoms with E-state index in [-0.39, 0.29) is 11.6 Å². The van der Waals surface area contributed by atoms with Crippen LogP contribution in [0.5, 0.6) is 0 Å². The van der Waals surface area contributed by atoms with Gasteiger partial charge in [-0.3, -0.25) is 4.79 Å². The van der Waals surface area contributed by atoms with Crippen LogP contribution in [0.4, 0.5) is 15.8 Å². The van der Waals surface area contributed by atoms with Crippen molar-refractivity contribution in [3.8, 4) is 0 Å². The molecule has 2 rings (SSSR count). The van der Waals surface area contributed by atoms with Crippen molar-refractivity contribution in [2.24, 2.45) is 0 Å². The third-order valence-corrected chi connectivity index (χ3v) is 2.66. The second kappa shape index (κ2) is 5.19. The van der Waals surface area contributed by atoms with Gasteiger partial charge in [0.05, 0.1) is 0 Å². The molecule has 0 saturated heterocycles. The van der Waals surface area contributed by atoms with Crippen molar-refractivity contribution in [3.05, 3.63) is 58.9 Å². The summed E-state index contributed by atoms with van der Waals surface area (Å²) < 4.78 is 12.8. The summed E-state index contributed by atoms with van der Waals surface area (Å²) >= 11 is 5.93. The lowest BCUT2D eigenvalue weighted by Crippen LogP contribution is -1.96. The number of hydrogen-bond acceptors (Lipinski definition) is 2. The molecule has 2 nitrogen and oxygen atoms in total. The van der Waals surface area contributed by atoms with Crippen LogP contribution in [-0.4, -0.2) is 5.78 Å². The number of halogens is 2. The molecule has 0 atom stereocenters. The van der Waals surface area contributed by atoms with Gasteiger partial charge in [0.25, 0.3) is 0 Å². The van der Waals surface area contributed by atoms with Gasteiger partial charge < -0.3 is 5.32 Å². The molecule has 0 heterocycles. The van der Waals surface area contributed by atoms with Gasteiger partial charge in [0, 0.05) is 22.0 Å². The molecule has 0 bridgehead atoms. The maximum Gasteiger partial charge on any atom is 0.159 e. The van der Waals surface area contributed by atoms with Crippen LogP contribution in [0.25, 0.3) is 0 Å². The third kappa shape index (κ3) is 3.08. The smallest absolute Gasteiger partial charge is 0.159 e. The Morgan fingerprint density at radius 1 is 1.11 bits per heavy atom. The van der Waals surface area contributed by atoms with E-state index in [1.54, 1.807) is 30.3 Å². The fourth-order valence-corrected chi connectivity index (χ4v) is 1.80. The molecule has 2 aromatic rings.